The van der Waals surface area contributed by atoms with E-state index in [9.17, 15) is 9.59 Å². The summed E-state index contributed by atoms with van der Waals surface area (Å²) >= 11 is 6.11. The molecule has 0 aromatic heterocycles. The number of hydrogen-bond acceptors (Lipinski definition) is 3. The van der Waals surface area contributed by atoms with Crippen molar-refractivity contribution in [1.29, 1.82) is 0 Å². The molecular weight excluding hydrogens is 376 g/mol. The maximum Gasteiger partial charge on any atom is 0.257 e. The predicted octanol–water partition coefficient (Wildman–Crippen LogP) is 5.16. The van der Waals surface area contributed by atoms with Gasteiger partial charge in [0.1, 0.15) is 5.75 Å². The van der Waals surface area contributed by atoms with Gasteiger partial charge in [-0.15, -0.1) is 0 Å². The molecule has 0 aliphatic carbocycles. The van der Waals surface area contributed by atoms with Crippen molar-refractivity contribution in [1.82, 2.24) is 0 Å². The lowest BCUT2D eigenvalue weighted by Gasteiger charge is -2.13. The number of nitrogens with one attached hydrogen (secondary N) is 2. The molecule has 0 atom stereocenters. The topological polar surface area (TPSA) is 67.4 Å². The zero-order valence-electron chi connectivity index (χ0n) is 15.5. The summed E-state index contributed by atoms with van der Waals surface area (Å²) in [5.74, 6) is -0.159. The van der Waals surface area contributed by atoms with Gasteiger partial charge in [0, 0.05) is 10.6 Å². The Morgan fingerprint density at radius 2 is 1.50 bits per heavy atom. The van der Waals surface area contributed by atoms with Gasteiger partial charge in [0.2, 0.25) is 0 Å². The molecule has 28 heavy (non-hydrogen) atoms. The van der Waals surface area contributed by atoms with Crippen LogP contribution in [0.2, 0.25) is 5.02 Å². The van der Waals surface area contributed by atoms with Gasteiger partial charge in [-0.1, -0.05) is 41.9 Å². The Kier molecular flexibility index (Phi) is 5.96. The van der Waals surface area contributed by atoms with Gasteiger partial charge in [-0.3, -0.25) is 9.59 Å². The first-order valence-corrected chi connectivity index (χ1v) is 8.98. The summed E-state index contributed by atoms with van der Waals surface area (Å²) < 4.78 is 5.26. The van der Waals surface area contributed by atoms with E-state index in [4.69, 9.17) is 16.3 Å². The van der Waals surface area contributed by atoms with E-state index in [0.29, 0.717) is 33.3 Å². The minimum absolute atomic E-state index is 0.333. The van der Waals surface area contributed by atoms with Gasteiger partial charge in [0.05, 0.1) is 24.0 Å². The molecule has 2 amide bonds. The van der Waals surface area contributed by atoms with Crippen molar-refractivity contribution < 1.29 is 14.3 Å². The summed E-state index contributed by atoms with van der Waals surface area (Å²) in [7, 11) is 1.53. The fourth-order valence-electron chi connectivity index (χ4n) is 2.66. The quantitative estimate of drug-likeness (QED) is 0.628. The van der Waals surface area contributed by atoms with E-state index in [-0.39, 0.29) is 11.8 Å². The van der Waals surface area contributed by atoms with Gasteiger partial charge < -0.3 is 15.4 Å². The average molecular weight is 395 g/mol. The molecule has 3 rings (SSSR count). The number of methoxy groups -OCH3 is 1. The number of rotatable bonds is 5. The molecule has 0 aliphatic heterocycles. The van der Waals surface area contributed by atoms with Gasteiger partial charge in [-0.05, 0) is 48.9 Å². The smallest absolute Gasteiger partial charge is 0.257 e. The molecule has 0 spiro atoms. The summed E-state index contributed by atoms with van der Waals surface area (Å²) in [4.78, 5) is 25.4. The van der Waals surface area contributed by atoms with Gasteiger partial charge >= 0.3 is 0 Å². The first-order valence-electron chi connectivity index (χ1n) is 8.60. The molecular formula is C22H19ClN2O3. The summed E-state index contributed by atoms with van der Waals surface area (Å²) in [6, 6.07) is 19.0. The van der Waals surface area contributed by atoms with Gasteiger partial charge in [-0.25, -0.2) is 0 Å². The molecule has 142 valence electrons. The second-order valence-corrected chi connectivity index (χ2v) is 6.53. The third-order valence-corrected chi connectivity index (χ3v) is 4.62. The second-order valence-electron chi connectivity index (χ2n) is 6.12. The van der Waals surface area contributed by atoms with Crippen LogP contribution in [0.3, 0.4) is 0 Å². The summed E-state index contributed by atoms with van der Waals surface area (Å²) in [6.07, 6.45) is 0. The normalized spacial score (nSPS) is 10.2. The Labute approximate surface area is 168 Å². The van der Waals surface area contributed by atoms with E-state index in [1.165, 1.54) is 7.11 Å². The first-order chi connectivity index (χ1) is 13.5. The summed E-state index contributed by atoms with van der Waals surface area (Å²) in [5, 5.41) is 6.10. The number of aryl methyl sites for hydroxylation is 1. The molecule has 0 bridgehead atoms. The number of para-hydroxylation sites is 3. The highest BCUT2D eigenvalue weighted by molar-refractivity contribution is 6.31. The van der Waals surface area contributed by atoms with Gasteiger partial charge in [-0.2, -0.15) is 0 Å². The number of anilines is 2. The Bertz CT molecular complexity index is 1030. The van der Waals surface area contributed by atoms with E-state index in [1.807, 2.05) is 13.0 Å². The minimum Gasteiger partial charge on any atom is -0.495 e. The summed E-state index contributed by atoms with van der Waals surface area (Å²) in [6.45, 7) is 1.86. The number of amides is 2. The van der Waals surface area contributed by atoms with Crippen molar-refractivity contribution in [3.63, 3.8) is 0 Å². The molecule has 2 N–H and O–H groups in total. The molecule has 0 fully saturated rings. The Hall–Kier alpha value is -3.31. The molecule has 0 saturated carbocycles. The van der Waals surface area contributed by atoms with E-state index in [2.05, 4.69) is 10.6 Å². The van der Waals surface area contributed by atoms with Crippen LogP contribution in [0.4, 0.5) is 11.4 Å². The van der Waals surface area contributed by atoms with Crippen LogP contribution in [0.1, 0.15) is 26.3 Å². The van der Waals surface area contributed by atoms with Crippen LogP contribution in [0, 0.1) is 6.92 Å². The lowest BCUT2D eigenvalue weighted by molar-refractivity contribution is 0.102. The summed E-state index contributed by atoms with van der Waals surface area (Å²) in [5.41, 5.74) is 2.57. The Morgan fingerprint density at radius 1 is 0.857 bits per heavy atom. The van der Waals surface area contributed by atoms with Gasteiger partial charge in [0.15, 0.2) is 0 Å². The van der Waals surface area contributed by atoms with Gasteiger partial charge in [0.25, 0.3) is 11.8 Å². The zero-order chi connectivity index (χ0) is 20.1. The highest BCUT2D eigenvalue weighted by Crippen LogP contribution is 2.25. The molecule has 3 aromatic carbocycles. The third-order valence-electron chi connectivity index (χ3n) is 4.21. The average Bonchev–Trinajstić information content (AvgIpc) is 2.70. The fraction of sp³-hybridized carbons (Fsp3) is 0.0909. The van der Waals surface area contributed by atoms with Crippen molar-refractivity contribution in [2.75, 3.05) is 17.7 Å². The largest absolute Gasteiger partial charge is 0.495 e. The highest BCUT2D eigenvalue weighted by Gasteiger charge is 2.16. The van der Waals surface area contributed by atoms with E-state index >= 15 is 0 Å². The van der Waals surface area contributed by atoms with Crippen molar-refractivity contribution in [2.45, 2.75) is 6.92 Å². The number of carbonyl (C=O) groups is 2. The van der Waals surface area contributed by atoms with Crippen molar-refractivity contribution >= 4 is 34.8 Å². The number of carbonyl (C=O) groups excluding carboxylic acids is 2. The molecule has 0 aliphatic rings. The first kappa shape index (κ1) is 19.5. The highest BCUT2D eigenvalue weighted by atomic mass is 35.5. The van der Waals surface area contributed by atoms with Crippen molar-refractivity contribution in [3.8, 4) is 5.75 Å². The number of ether oxygens (including phenoxy) is 1. The van der Waals surface area contributed by atoms with Crippen LogP contribution in [0.15, 0.2) is 66.7 Å². The molecule has 3 aromatic rings. The number of halogens is 1. The van der Waals surface area contributed by atoms with Crippen molar-refractivity contribution in [2.24, 2.45) is 0 Å². The maximum absolute atomic E-state index is 12.8. The lowest BCUT2D eigenvalue weighted by Crippen LogP contribution is -2.18. The SMILES string of the molecule is COc1ccccc1NC(=O)c1ccccc1NC(=O)c1ccc(C)c(Cl)c1. The molecule has 0 saturated heterocycles. The van der Waals surface area contributed by atoms with Crippen LogP contribution in [-0.2, 0) is 0 Å². The van der Waals surface area contributed by atoms with Crippen LogP contribution in [0.5, 0.6) is 5.75 Å². The molecule has 0 unspecified atom stereocenters. The minimum atomic E-state index is -0.359. The Balaban J connectivity index is 1.83. The second kappa shape index (κ2) is 8.59. The predicted molar refractivity (Wildman–Crippen MR) is 112 cm³/mol. The van der Waals surface area contributed by atoms with Crippen LogP contribution in [-0.4, -0.2) is 18.9 Å². The van der Waals surface area contributed by atoms with Crippen molar-refractivity contribution in [3.05, 3.63) is 88.4 Å². The molecule has 0 heterocycles. The molecule has 5 nitrogen and oxygen atoms in total. The lowest BCUT2D eigenvalue weighted by atomic mass is 10.1. The number of hydrogen-bond donors (Lipinski definition) is 2. The fourth-order valence-corrected chi connectivity index (χ4v) is 2.84. The number of benzene rings is 3. The molecule has 0 radical (unpaired) electrons. The maximum atomic E-state index is 12.8. The van der Waals surface area contributed by atoms with E-state index in [1.54, 1.807) is 60.7 Å². The zero-order valence-corrected chi connectivity index (χ0v) is 16.2. The third kappa shape index (κ3) is 4.32. The van der Waals surface area contributed by atoms with Crippen LogP contribution in [0.25, 0.3) is 0 Å². The Morgan fingerprint density at radius 3 is 2.21 bits per heavy atom. The standard InChI is InChI=1S/C22H19ClN2O3/c1-14-11-12-15(13-17(14)23)21(26)24-18-8-4-3-7-16(18)22(27)25-19-9-5-6-10-20(19)28-2/h3-13H,1-2H3,(H,24,26)(H,25,27). The monoisotopic (exact) mass is 394 g/mol. The van der Waals surface area contributed by atoms with Crippen LogP contribution < -0.4 is 15.4 Å². The van der Waals surface area contributed by atoms with E-state index < -0.39 is 0 Å². The molecule has 6 heteroatoms. The van der Waals surface area contributed by atoms with E-state index in [0.717, 1.165) is 5.56 Å². The van der Waals surface area contributed by atoms with Crippen LogP contribution >= 0.6 is 11.6 Å².